The zero-order valence-corrected chi connectivity index (χ0v) is 9.80. The number of anilines is 1. The Morgan fingerprint density at radius 3 is 3.19 bits per heavy atom. The Hall–Kier alpha value is -1.42. The van der Waals surface area contributed by atoms with Crippen molar-refractivity contribution < 1.29 is 14.6 Å². The molecule has 1 aromatic rings. The lowest BCUT2D eigenvalue weighted by molar-refractivity contribution is -0.124. The molecule has 0 aliphatic carbocycles. The predicted octanol–water partition coefficient (Wildman–Crippen LogP) is 0.460. The first kappa shape index (κ1) is 12.6. The zero-order chi connectivity index (χ0) is 12.0. The number of carbonyl (C=O) groups excluding carboxylic acids is 1. The van der Waals surface area contributed by atoms with Crippen molar-refractivity contribution in [3.05, 3.63) is 11.1 Å². The summed E-state index contributed by atoms with van der Waals surface area (Å²) in [6.07, 6.45) is 1.02. The van der Waals surface area contributed by atoms with Crippen LogP contribution in [0.5, 0.6) is 0 Å². The van der Waals surface area contributed by atoms with Gasteiger partial charge < -0.3 is 9.84 Å². The van der Waals surface area contributed by atoms with Crippen molar-refractivity contribution in [2.24, 2.45) is 0 Å². The largest absolute Gasteiger partial charge is 0.384 e. The molecular formula is C10H12N2O3S. The first-order chi connectivity index (χ1) is 7.67. The lowest BCUT2D eigenvalue weighted by Gasteiger charge is -2.07. The van der Waals surface area contributed by atoms with Gasteiger partial charge in [0.2, 0.25) is 0 Å². The molecule has 2 N–H and O–H groups in total. The molecule has 0 saturated carbocycles. The van der Waals surface area contributed by atoms with Crippen molar-refractivity contribution in [1.29, 1.82) is 0 Å². The number of aromatic nitrogens is 1. The van der Waals surface area contributed by atoms with Crippen LogP contribution in [0.3, 0.4) is 0 Å². The lowest BCUT2D eigenvalue weighted by Crippen LogP contribution is -2.26. The first-order valence-electron chi connectivity index (χ1n) is 4.56. The van der Waals surface area contributed by atoms with Crippen LogP contribution < -0.4 is 5.32 Å². The number of nitrogens with one attached hydrogen (secondary N) is 1. The first-order valence-corrected chi connectivity index (χ1v) is 5.38. The molecule has 5 nitrogen and oxygen atoms in total. The van der Waals surface area contributed by atoms with Gasteiger partial charge in [0, 0.05) is 7.11 Å². The van der Waals surface area contributed by atoms with Crippen LogP contribution in [0.1, 0.15) is 11.8 Å². The average molecular weight is 240 g/mol. The summed E-state index contributed by atoms with van der Waals surface area (Å²) in [7, 11) is 1.46. The maximum Gasteiger partial charge on any atom is 0.254 e. The SMILES string of the molecule is COC(C)C(=O)Nc1ncc(C#CCO)s1. The van der Waals surface area contributed by atoms with Gasteiger partial charge in [-0.3, -0.25) is 10.1 Å². The number of aliphatic hydroxyl groups excluding tert-OH is 1. The molecule has 16 heavy (non-hydrogen) atoms. The van der Waals surface area contributed by atoms with Gasteiger partial charge in [-0.1, -0.05) is 23.2 Å². The number of methoxy groups -OCH3 is 1. The van der Waals surface area contributed by atoms with E-state index in [-0.39, 0.29) is 12.5 Å². The van der Waals surface area contributed by atoms with E-state index in [0.717, 1.165) is 0 Å². The minimum Gasteiger partial charge on any atom is -0.384 e. The maximum atomic E-state index is 11.4. The Morgan fingerprint density at radius 1 is 1.81 bits per heavy atom. The summed E-state index contributed by atoms with van der Waals surface area (Å²) < 4.78 is 4.86. The third kappa shape index (κ3) is 3.62. The van der Waals surface area contributed by atoms with Crippen LogP contribution in [0.25, 0.3) is 0 Å². The molecule has 0 radical (unpaired) electrons. The van der Waals surface area contributed by atoms with Crippen molar-refractivity contribution in [3.63, 3.8) is 0 Å². The fourth-order valence-corrected chi connectivity index (χ4v) is 1.52. The van der Waals surface area contributed by atoms with E-state index >= 15 is 0 Å². The molecule has 0 spiro atoms. The molecule has 0 aliphatic rings. The summed E-state index contributed by atoms with van der Waals surface area (Å²) in [6, 6.07) is 0. The lowest BCUT2D eigenvalue weighted by atomic mass is 10.4. The Balaban J connectivity index is 2.62. The Kier molecular flexibility index (Phi) is 4.92. The molecule has 6 heteroatoms. The second kappa shape index (κ2) is 6.23. The Labute approximate surface area is 97.5 Å². The summed E-state index contributed by atoms with van der Waals surface area (Å²) in [4.78, 5) is 16.1. The van der Waals surface area contributed by atoms with Gasteiger partial charge in [-0.2, -0.15) is 0 Å². The zero-order valence-electron chi connectivity index (χ0n) is 8.98. The van der Waals surface area contributed by atoms with Gasteiger partial charge in [0.05, 0.1) is 11.1 Å². The standard InChI is InChI=1S/C10H12N2O3S/c1-7(15-2)9(14)12-10-11-6-8(16-10)4-3-5-13/h6-7,13H,5H2,1-2H3,(H,11,12,14). The summed E-state index contributed by atoms with van der Waals surface area (Å²) >= 11 is 1.25. The highest BCUT2D eigenvalue weighted by Gasteiger charge is 2.12. The molecule has 0 saturated heterocycles. The molecule has 1 atom stereocenters. The summed E-state index contributed by atoms with van der Waals surface area (Å²) in [6.45, 7) is 1.45. The average Bonchev–Trinajstić information content (AvgIpc) is 2.72. The van der Waals surface area contributed by atoms with Crippen molar-refractivity contribution in [1.82, 2.24) is 4.98 Å². The van der Waals surface area contributed by atoms with Gasteiger partial charge >= 0.3 is 0 Å². The number of aliphatic hydroxyl groups is 1. The summed E-state index contributed by atoms with van der Waals surface area (Å²) in [5.41, 5.74) is 0. The van der Waals surface area contributed by atoms with Crippen LogP contribution in [0, 0.1) is 11.8 Å². The van der Waals surface area contributed by atoms with Crippen LogP contribution in [0.2, 0.25) is 0 Å². The van der Waals surface area contributed by atoms with Gasteiger partial charge in [-0.15, -0.1) is 0 Å². The van der Waals surface area contributed by atoms with Crippen molar-refractivity contribution in [3.8, 4) is 11.8 Å². The quantitative estimate of drug-likeness (QED) is 0.753. The molecule has 1 rings (SSSR count). The second-order valence-corrected chi connectivity index (χ2v) is 3.89. The molecule has 0 aromatic carbocycles. The summed E-state index contributed by atoms with van der Waals surface area (Å²) in [5.74, 6) is 4.96. The van der Waals surface area contributed by atoms with Crippen LogP contribution in [-0.4, -0.2) is 35.8 Å². The number of rotatable bonds is 3. The Bertz CT molecular complexity index is 419. The van der Waals surface area contributed by atoms with E-state index < -0.39 is 6.10 Å². The van der Waals surface area contributed by atoms with Crippen LogP contribution in [-0.2, 0) is 9.53 Å². The van der Waals surface area contributed by atoms with E-state index in [9.17, 15) is 4.79 Å². The van der Waals surface area contributed by atoms with E-state index in [2.05, 4.69) is 22.1 Å². The molecule has 86 valence electrons. The molecule has 0 fully saturated rings. The highest BCUT2D eigenvalue weighted by molar-refractivity contribution is 7.16. The fraction of sp³-hybridized carbons (Fsp3) is 0.400. The van der Waals surface area contributed by atoms with Gasteiger partial charge in [0.15, 0.2) is 5.13 Å². The van der Waals surface area contributed by atoms with Crippen molar-refractivity contribution in [2.45, 2.75) is 13.0 Å². The monoisotopic (exact) mass is 240 g/mol. The Morgan fingerprint density at radius 2 is 2.56 bits per heavy atom. The molecule has 1 heterocycles. The minimum absolute atomic E-state index is 0.194. The van der Waals surface area contributed by atoms with Crippen LogP contribution in [0.15, 0.2) is 6.20 Å². The van der Waals surface area contributed by atoms with Gasteiger partial charge in [-0.05, 0) is 6.92 Å². The number of thiazole rings is 1. The third-order valence-electron chi connectivity index (χ3n) is 1.75. The van der Waals surface area contributed by atoms with E-state index in [1.54, 1.807) is 13.1 Å². The molecule has 0 aliphatic heterocycles. The number of hydrogen-bond donors (Lipinski definition) is 2. The number of ether oxygens (including phenoxy) is 1. The van der Waals surface area contributed by atoms with Crippen LogP contribution in [0.4, 0.5) is 5.13 Å². The molecule has 1 amide bonds. The molecular weight excluding hydrogens is 228 g/mol. The minimum atomic E-state index is -0.518. The summed E-state index contributed by atoms with van der Waals surface area (Å²) in [5, 5.41) is 11.6. The predicted molar refractivity (Wildman–Crippen MR) is 61.2 cm³/mol. The van der Waals surface area contributed by atoms with Crippen molar-refractivity contribution >= 4 is 22.4 Å². The smallest absolute Gasteiger partial charge is 0.254 e. The molecule has 1 aromatic heterocycles. The molecule has 0 bridgehead atoms. The number of hydrogen-bond acceptors (Lipinski definition) is 5. The van der Waals surface area contributed by atoms with Gasteiger partial charge in [-0.25, -0.2) is 4.98 Å². The normalized spacial score (nSPS) is 11.4. The van der Waals surface area contributed by atoms with Crippen molar-refractivity contribution in [2.75, 3.05) is 19.0 Å². The highest BCUT2D eigenvalue weighted by Crippen LogP contribution is 2.17. The van der Waals surface area contributed by atoms with E-state index in [0.29, 0.717) is 10.0 Å². The number of nitrogens with zero attached hydrogens (tertiary/aromatic N) is 1. The van der Waals surface area contributed by atoms with E-state index in [4.69, 9.17) is 9.84 Å². The van der Waals surface area contributed by atoms with E-state index in [1.807, 2.05) is 0 Å². The number of amides is 1. The topological polar surface area (TPSA) is 71.5 Å². The highest BCUT2D eigenvalue weighted by atomic mass is 32.1. The number of carbonyl (C=O) groups is 1. The fourth-order valence-electron chi connectivity index (χ4n) is 0.830. The molecule has 1 unspecified atom stereocenters. The van der Waals surface area contributed by atoms with Gasteiger partial charge in [0.1, 0.15) is 12.7 Å². The van der Waals surface area contributed by atoms with E-state index in [1.165, 1.54) is 18.4 Å². The maximum absolute atomic E-state index is 11.4. The van der Waals surface area contributed by atoms with Gasteiger partial charge in [0.25, 0.3) is 5.91 Å². The second-order valence-electron chi connectivity index (χ2n) is 2.86. The van der Waals surface area contributed by atoms with Crippen LogP contribution >= 0.6 is 11.3 Å². The third-order valence-corrected chi connectivity index (χ3v) is 2.58.